The molecule has 0 radical (unpaired) electrons. The van der Waals surface area contributed by atoms with Crippen LogP contribution in [0.15, 0.2) is 0 Å². The van der Waals surface area contributed by atoms with Crippen molar-refractivity contribution in [1.82, 2.24) is 5.32 Å². The Bertz CT molecular complexity index is 225. The van der Waals surface area contributed by atoms with Crippen molar-refractivity contribution in [3.05, 3.63) is 0 Å². The number of ether oxygens (including phenoxy) is 2. The maximum absolute atomic E-state index is 5.29. The van der Waals surface area contributed by atoms with Crippen molar-refractivity contribution in [3.8, 4) is 0 Å². The number of hydrogen-bond donors (Lipinski definition) is 1. The zero-order chi connectivity index (χ0) is 13.8. The summed E-state index contributed by atoms with van der Waals surface area (Å²) >= 11 is 0. The Balaban J connectivity index is 2.35. The molecule has 1 N–H and O–H groups in total. The van der Waals surface area contributed by atoms with Crippen molar-refractivity contribution in [1.29, 1.82) is 0 Å². The van der Waals surface area contributed by atoms with Gasteiger partial charge in [0.05, 0.1) is 6.04 Å². The van der Waals surface area contributed by atoms with Gasteiger partial charge < -0.3 is 14.8 Å². The molecule has 3 nitrogen and oxygen atoms in total. The molecular weight excluding hydrogens is 226 g/mol. The highest BCUT2D eigenvalue weighted by Crippen LogP contribution is 2.37. The molecule has 1 atom stereocenters. The number of hydrogen-bond acceptors (Lipinski definition) is 3. The van der Waals surface area contributed by atoms with Crippen LogP contribution in [-0.4, -0.2) is 32.6 Å². The average Bonchev–Trinajstić information content (AvgIpc) is 2.30. The zero-order valence-corrected chi connectivity index (χ0v) is 13.0. The highest BCUT2D eigenvalue weighted by atomic mass is 16.7. The molecule has 1 aliphatic carbocycles. The summed E-state index contributed by atoms with van der Waals surface area (Å²) in [6.45, 7) is 9.22. The van der Waals surface area contributed by atoms with Gasteiger partial charge >= 0.3 is 0 Å². The molecule has 1 fully saturated rings. The topological polar surface area (TPSA) is 30.5 Å². The van der Waals surface area contributed by atoms with Gasteiger partial charge in [-0.2, -0.15) is 0 Å². The summed E-state index contributed by atoms with van der Waals surface area (Å²) in [6, 6.07) is 0.864. The summed E-state index contributed by atoms with van der Waals surface area (Å²) in [7, 11) is 3.39. The molecule has 3 heteroatoms. The van der Waals surface area contributed by atoms with E-state index in [1.807, 2.05) is 0 Å². The Kier molecular flexibility index (Phi) is 6.09. The van der Waals surface area contributed by atoms with E-state index in [1.165, 1.54) is 25.7 Å². The third kappa shape index (κ3) is 4.52. The molecule has 1 unspecified atom stereocenters. The minimum absolute atomic E-state index is 0.148. The minimum Gasteiger partial charge on any atom is -0.354 e. The average molecular weight is 257 g/mol. The molecular formula is C15H31NO2. The highest BCUT2D eigenvalue weighted by molar-refractivity contribution is 4.84. The quantitative estimate of drug-likeness (QED) is 0.767. The van der Waals surface area contributed by atoms with Gasteiger partial charge in [0.1, 0.15) is 0 Å². The molecule has 0 aliphatic heterocycles. The van der Waals surface area contributed by atoms with E-state index >= 15 is 0 Å². The maximum Gasteiger partial charge on any atom is 0.171 e. The van der Waals surface area contributed by atoms with E-state index in [0.29, 0.717) is 11.5 Å². The number of methoxy groups -OCH3 is 2. The third-order valence-electron chi connectivity index (χ3n) is 4.32. The summed E-state index contributed by atoms with van der Waals surface area (Å²) in [6.07, 6.45) is 5.06. The normalized spacial score (nSPS) is 27.5. The summed E-state index contributed by atoms with van der Waals surface area (Å²) in [4.78, 5) is 0. The van der Waals surface area contributed by atoms with Crippen LogP contribution in [0, 0.1) is 11.3 Å². The second-order valence-electron chi connectivity index (χ2n) is 6.71. The van der Waals surface area contributed by atoms with Crippen LogP contribution in [0.3, 0.4) is 0 Å². The molecule has 1 saturated carbocycles. The highest BCUT2D eigenvalue weighted by Gasteiger charge is 2.30. The first-order chi connectivity index (χ1) is 8.38. The second kappa shape index (κ2) is 6.88. The molecule has 0 aromatic carbocycles. The first-order valence-corrected chi connectivity index (χ1v) is 7.20. The van der Waals surface area contributed by atoms with Gasteiger partial charge in [-0.15, -0.1) is 0 Å². The van der Waals surface area contributed by atoms with Crippen molar-refractivity contribution >= 4 is 0 Å². The van der Waals surface area contributed by atoms with E-state index < -0.39 is 0 Å². The summed E-state index contributed by atoms with van der Waals surface area (Å²) in [5.41, 5.74) is 0.457. The first kappa shape index (κ1) is 15.9. The molecule has 0 saturated heterocycles. The van der Waals surface area contributed by atoms with Crippen LogP contribution in [0.5, 0.6) is 0 Å². The first-order valence-electron chi connectivity index (χ1n) is 7.20. The SMILES string of the molecule is COC(OC)C(C)NC1CCC(C(C)(C)C)CC1. The van der Waals surface area contributed by atoms with Gasteiger partial charge in [0, 0.05) is 20.3 Å². The van der Waals surface area contributed by atoms with Gasteiger partial charge in [0.15, 0.2) is 6.29 Å². The van der Waals surface area contributed by atoms with Crippen LogP contribution in [-0.2, 0) is 9.47 Å². The van der Waals surface area contributed by atoms with Crippen molar-refractivity contribution in [3.63, 3.8) is 0 Å². The molecule has 0 bridgehead atoms. The predicted molar refractivity (Wildman–Crippen MR) is 75.6 cm³/mol. The van der Waals surface area contributed by atoms with Crippen LogP contribution >= 0.6 is 0 Å². The molecule has 0 aromatic heterocycles. The van der Waals surface area contributed by atoms with Crippen molar-refractivity contribution in [2.75, 3.05) is 14.2 Å². The van der Waals surface area contributed by atoms with Gasteiger partial charge in [0.2, 0.25) is 0 Å². The molecule has 1 aliphatic rings. The molecule has 0 aromatic rings. The van der Waals surface area contributed by atoms with Crippen LogP contribution in [0.1, 0.15) is 53.4 Å². The van der Waals surface area contributed by atoms with Gasteiger partial charge in [-0.3, -0.25) is 0 Å². The van der Waals surface area contributed by atoms with Gasteiger partial charge in [-0.1, -0.05) is 20.8 Å². The fraction of sp³-hybridized carbons (Fsp3) is 1.00. The second-order valence-corrected chi connectivity index (χ2v) is 6.71. The third-order valence-corrected chi connectivity index (χ3v) is 4.32. The molecule has 0 heterocycles. The molecule has 108 valence electrons. The van der Waals surface area contributed by atoms with Crippen molar-refractivity contribution in [2.24, 2.45) is 11.3 Å². The fourth-order valence-corrected chi connectivity index (χ4v) is 3.08. The van der Waals surface area contributed by atoms with E-state index in [1.54, 1.807) is 14.2 Å². The van der Waals surface area contributed by atoms with Crippen molar-refractivity contribution < 1.29 is 9.47 Å². The van der Waals surface area contributed by atoms with E-state index in [-0.39, 0.29) is 12.3 Å². The summed E-state index contributed by atoms with van der Waals surface area (Å²) in [5.74, 6) is 0.867. The van der Waals surface area contributed by atoms with E-state index in [9.17, 15) is 0 Å². The van der Waals surface area contributed by atoms with Crippen molar-refractivity contribution in [2.45, 2.75) is 71.8 Å². The van der Waals surface area contributed by atoms with E-state index in [4.69, 9.17) is 9.47 Å². The summed E-state index contributed by atoms with van der Waals surface area (Å²) < 4.78 is 10.6. The lowest BCUT2D eigenvalue weighted by Gasteiger charge is -2.38. The number of rotatable bonds is 5. The minimum atomic E-state index is -0.148. The van der Waals surface area contributed by atoms with Gasteiger partial charge in [-0.25, -0.2) is 0 Å². The number of nitrogens with one attached hydrogen (secondary N) is 1. The largest absolute Gasteiger partial charge is 0.354 e. The molecule has 18 heavy (non-hydrogen) atoms. The Morgan fingerprint density at radius 1 is 1.00 bits per heavy atom. The Labute approximate surface area is 113 Å². The van der Waals surface area contributed by atoms with Crippen LogP contribution in [0.25, 0.3) is 0 Å². The standard InChI is InChI=1S/C15H31NO2/c1-11(14(17-5)18-6)16-13-9-7-12(8-10-13)15(2,3)4/h11-14,16H,7-10H2,1-6H3. The van der Waals surface area contributed by atoms with Gasteiger partial charge in [-0.05, 0) is 43.9 Å². The van der Waals surface area contributed by atoms with E-state index in [2.05, 4.69) is 33.0 Å². The Hall–Kier alpha value is -0.120. The molecule has 1 rings (SSSR count). The Morgan fingerprint density at radius 2 is 1.50 bits per heavy atom. The lowest BCUT2D eigenvalue weighted by atomic mass is 9.71. The lowest BCUT2D eigenvalue weighted by Crippen LogP contribution is -2.46. The van der Waals surface area contributed by atoms with Crippen LogP contribution in [0.4, 0.5) is 0 Å². The molecule has 0 spiro atoms. The molecule has 0 amide bonds. The van der Waals surface area contributed by atoms with Crippen LogP contribution in [0.2, 0.25) is 0 Å². The summed E-state index contributed by atoms with van der Waals surface area (Å²) in [5, 5.41) is 3.64. The van der Waals surface area contributed by atoms with Crippen LogP contribution < -0.4 is 5.32 Å². The predicted octanol–water partition coefficient (Wildman–Crippen LogP) is 3.19. The smallest absolute Gasteiger partial charge is 0.171 e. The Morgan fingerprint density at radius 3 is 1.89 bits per heavy atom. The van der Waals surface area contributed by atoms with Gasteiger partial charge in [0.25, 0.3) is 0 Å². The van der Waals surface area contributed by atoms with E-state index in [0.717, 1.165) is 5.92 Å². The maximum atomic E-state index is 5.29. The fourth-order valence-electron chi connectivity index (χ4n) is 3.08. The zero-order valence-electron chi connectivity index (χ0n) is 13.0. The lowest BCUT2D eigenvalue weighted by molar-refractivity contribution is -0.121. The monoisotopic (exact) mass is 257 g/mol.